The van der Waals surface area contributed by atoms with E-state index in [9.17, 15) is 4.39 Å². The highest BCUT2D eigenvalue weighted by atomic mass is 32.1. The molecule has 21 heavy (non-hydrogen) atoms. The zero-order chi connectivity index (χ0) is 15.4. The molecule has 0 radical (unpaired) electrons. The van der Waals surface area contributed by atoms with Crippen LogP contribution in [0, 0.1) is 12.7 Å². The van der Waals surface area contributed by atoms with E-state index in [-0.39, 0.29) is 11.8 Å². The molecular formula is C15H20FN3OS. The predicted octanol–water partition coefficient (Wildman–Crippen LogP) is 4.13. The number of aromatic nitrogens is 1. The number of aryl methyl sites for hydroxylation is 1. The molecule has 0 aliphatic carbocycles. The number of anilines is 2. The monoisotopic (exact) mass is 309 g/mol. The molecule has 6 heteroatoms. The van der Waals surface area contributed by atoms with Gasteiger partial charge in [-0.2, -0.15) is 0 Å². The zero-order valence-corrected chi connectivity index (χ0v) is 13.3. The molecule has 0 amide bonds. The van der Waals surface area contributed by atoms with Gasteiger partial charge in [-0.3, -0.25) is 0 Å². The van der Waals surface area contributed by atoms with E-state index in [1.54, 1.807) is 17.4 Å². The topological polar surface area (TPSA) is 60.2 Å². The van der Waals surface area contributed by atoms with Crippen molar-refractivity contribution in [2.24, 2.45) is 0 Å². The summed E-state index contributed by atoms with van der Waals surface area (Å²) in [7, 11) is 0. The van der Waals surface area contributed by atoms with Crippen molar-refractivity contribution >= 4 is 22.7 Å². The van der Waals surface area contributed by atoms with Crippen LogP contribution in [-0.2, 0) is 0 Å². The van der Waals surface area contributed by atoms with Crippen molar-refractivity contribution in [1.82, 2.24) is 4.98 Å². The van der Waals surface area contributed by atoms with Crippen LogP contribution in [0.4, 0.5) is 15.8 Å². The van der Waals surface area contributed by atoms with Crippen LogP contribution in [0.25, 0.3) is 0 Å². The van der Waals surface area contributed by atoms with Crippen molar-refractivity contribution in [1.29, 1.82) is 0 Å². The van der Waals surface area contributed by atoms with Gasteiger partial charge in [0.15, 0.2) is 11.6 Å². The van der Waals surface area contributed by atoms with Gasteiger partial charge in [-0.25, -0.2) is 9.37 Å². The molecule has 0 saturated carbocycles. The molecule has 2 rings (SSSR count). The van der Waals surface area contributed by atoms with Crippen LogP contribution >= 0.6 is 11.3 Å². The Kier molecular flexibility index (Phi) is 5.01. The van der Waals surface area contributed by atoms with Gasteiger partial charge in [0.25, 0.3) is 0 Å². The Morgan fingerprint density at radius 3 is 2.86 bits per heavy atom. The van der Waals surface area contributed by atoms with Gasteiger partial charge in [-0.1, -0.05) is 6.92 Å². The predicted molar refractivity (Wildman–Crippen MR) is 85.5 cm³/mol. The van der Waals surface area contributed by atoms with Crippen molar-refractivity contribution < 1.29 is 9.13 Å². The van der Waals surface area contributed by atoms with E-state index < -0.39 is 5.82 Å². The molecule has 1 unspecified atom stereocenters. The Morgan fingerprint density at radius 1 is 1.48 bits per heavy atom. The first-order valence-electron chi connectivity index (χ1n) is 6.92. The Balaban J connectivity index is 2.18. The molecule has 0 aliphatic rings. The summed E-state index contributed by atoms with van der Waals surface area (Å²) >= 11 is 1.62. The number of nitrogens with two attached hydrogens (primary N) is 1. The third-order valence-electron chi connectivity index (χ3n) is 2.95. The van der Waals surface area contributed by atoms with Crippen LogP contribution < -0.4 is 15.8 Å². The summed E-state index contributed by atoms with van der Waals surface area (Å²) in [5.41, 5.74) is 6.89. The van der Waals surface area contributed by atoms with Gasteiger partial charge in [0.05, 0.1) is 24.0 Å². The Labute approximate surface area is 128 Å². The molecule has 0 aliphatic heterocycles. The summed E-state index contributed by atoms with van der Waals surface area (Å²) in [5, 5.41) is 4.23. The first-order chi connectivity index (χ1) is 10.0. The van der Waals surface area contributed by atoms with E-state index in [1.165, 1.54) is 6.07 Å². The van der Waals surface area contributed by atoms with Gasteiger partial charge in [0.2, 0.25) is 0 Å². The Hall–Kier alpha value is -1.82. The number of nitrogens with one attached hydrogen (secondary N) is 1. The molecule has 0 bridgehead atoms. The van der Waals surface area contributed by atoms with Crippen molar-refractivity contribution in [3.05, 3.63) is 34.0 Å². The number of rotatable bonds is 6. The van der Waals surface area contributed by atoms with Crippen LogP contribution in [0.2, 0.25) is 0 Å². The van der Waals surface area contributed by atoms with Crippen molar-refractivity contribution in [3.63, 3.8) is 0 Å². The maximum absolute atomic E-state index is 13.8. The molecule has 1 aromatic carbocycles. The van der Waals surface area contributed by atoms with Crippen molar-refractivity contribution in [2.45, 2.75) is 33.2 Å². The average Bonchev–Trinajstić information content (AvgIpc) is 2.87. The summed E-state index contributed by atoms with van der Waals surface area (Å²) in [6, 6.07) is 2.89. The molecule has 4 nitrogen and oxygen atoms in total. The number of nitrogens with zero attached hydrogens (tertiary/aromatic N) is 1. The largest absolute Gasteiger partial charge is 0.490 e. The molecular weight excluding hydrogens is 289 g/mol. The van der Waals surface area contributed by atoms with E-state index in [4.69, 9.17) is 10.5 Å². The number of hydrogen-bond acceptors (Lipinski definition) is 5. The molecule has 0 fully saturated rings. The Morgan fingerprint density at radius 2 is 2.24 bits per heavy atom. The van der Waals surface area contributed by atoms with E-state index in [2.05, 4.69) is 10.3 Å². The maximum atomic E-state index is 13.8. The van der Waals surface area contributed by atoms with Gasteiger partial charge in [0.1, 0.15) is 5.01 Å². The molecule has 1 heterocycles. The highest BCUT2D eigenvalue weighted by Gasteiger charge is 2.14. The minimum atomic E-state index is -0.441. The van der Waals surface area contributed by atoms with Crippen molar-refractivity contribution in [2.75, 3.05) is 17.7 Å². The number of thiazole rings is 1. The van der Waals surface area contributed by atoms with Gasteiger partial charge in [0, 0.05) is 23.2 Å². The number of halogens is 1. The van der Waals surface area contributed by atoms with Crippen LogP contribution in [0.3, 0.4) is 0 Å². The van der Waals surface area contributed by atoms with Gasteiger partial charge >= 0.3 is 0 Å². The summed E-state index contributed by atoms with van der Waals surface area (Å²) in [4.78, 5) is 5.49. The van der Waals surface area contributed by atoms with E-state index in [1.807, 2.05) is 27.0 Å². The van der Waals surface area contributed by atoms with E-state index >= 15 is 0 Å². The highest BCUT2D eigenvalue weighted by Crippen LogP contribution is 2.31. The third-order valence-corrected chi connectivity index (χ3v) is 4.04. The lowest BCUT2D eigenvalue weighted by atomic mass is 10.2. The Bertz CT molecular complexity index is 615. The van der Waals surface area contributed by atoms with Crippen LogP contribution in [0.15, 0.2) is 18.3 Å². The molecule has 0 saturated heterocycles. The van der Waals surface area contributed by atoms with Crippen LogP contribution in [-0.4, -0.2) is 11.6 Å². The average molecular weight is 309 g/mol. The third kappa shape index (κ3) is 3.85. The summed E-state index contributed by atoms with van der Waals surface area (Å²) in [6.45, 7) is 6.45. The van der Waals surface area contributed by atoms with Crippen LogP contribution in [0.1, 0.15) is 36.2 Å². The van der Waals surface area contributed by atoms with E-state index in [0.29, 0.717) is 18.0 Å². The first-order valence-corrected chi connectivity index (χ1v) is 7.73. The van der Waals surface area contributed by atoms with Crippen LogP contribution in [0.5, 0.6) is 5.75 Å². The zero-order valence-electron chi connectivity index (χ0n) is 12.4. The minimum Gasteiger partial charge on any atom is -0.490 e. The molecule has 1 aromatic heterocycles. The number of hydrogen-bond donors (Lipinski definition) is 2. The number of ether oxygens (including phenoxy) is 1. The summed E-state index contributed by atoms with van der Waals surface area (Å²) in [5.74, 6) is -0.222. The standard InChI is InChI=1S/C15H20FN3OS/c1-4-5-20-14-7-13(12(17)6-11(14)16)19-10(3)15-18-8-9(2)21-15/h6-8,10,19H,4-5,17H2,1-3H3. The normalized spacial score (nSPS) is 12.2. The van der Waals surface area contributed by atoms with Gasteiger partial charge in [-0.05, 0) is 20.3 Å². The van der Waals surface area contributed by atoms with E-state index in [0.717, 1.165) is 16.3 Å². The second-order valence-electron chi connectivity index (χ2n) is 4.89. The van der Waals surface area contributed by atoms with Crippen molar-refractivity contribution in [3.8, 4) is 5.75 Å². The molecule has 1 atom stereocenters. The summed E-state index contributed by atoms with van der Waals surface area (Å²) < 4.78 is 19.2. The molecule has 3 N–H and O–H groups in total. The summed E-state index contributed by atoms with van der Waals surface area (Å²) in [6.07, 6.45) is 2.66. The first kappa shape index (κ1) is 15.6. The number of benzene rings is 1. The highest BCUT2D eigenvalue weighted by molar-refractivity contribution is 7.11. The van der Waals surface area contributed by atoms with Gasteiger partial charge < -0.3 is 15.8 Å². The lowest BCUT2D eigenvalue weighted by Crippen LogP contribution is -2.09. The lowest BCUT2D eigenvalue weighted by molar-refractivity contribution is 0.301. The molecule has 114 valence electrons. The lowest BCUT2D eigenvalue weighted by Gasteiger charge is -2.16. The second kappa shape index (κ2) is 6.76. The smallest absolute Gasteiger partial charge is 0.167 e. The SMILES string of the molecule is CCCOc1cc(NC(C)c2ncc(C)s2)c(N)cc1F. The molecule has 0 spiro atoms. The molecule has 2 aromatic rings. The quantitative estimate of drug-likeness (QED) is 0.788. The minimum absolute atomic E-state index is 0.00418. The maximum Gasteiger partial charge on any atom is 0.167 e. The second-order valence-corrected chi connectivity index (χ2v) is 6.16. The fourth-order valence-corrected chi connectivity index (χ4v) is 2.66. The van der Waals surface area contributed by atoms with Gasteiger partial charge in [-0.15, -0.1) is 11.3 Å². The fraction of sp³-hybridized carbons (Fsp3) is 0.400. The number of nitrogen functional groups attached to an aromatic ring is 1. The fourth-order valence-electron chi connectivity index (χ4n) is 1.88.